The maximum absolute atomic E-state index is 13.4. The smallest absolute Gasteiger partial charge is 0.349 e. The van der Waals surface area contributed by atoms with Crippen LogP contribution in [-0.4, -0.2) is 23.3 Å². The molecule has 0 aromatic heterocycles. The summed E-state index contributed by atoms with van der Waals surface area (Å²) in [7, 11) is 0. The van der Waals surface area contributed by atoms with E-state index in [1.54, 1.807) is 5.48 Å². The topological polar surface area (TPSA) is 61.4 Å². The predicted molar refractivity (Wildman–Crippen MR) is 76.1 cm³/mol. The number of hydrogen-bond acceptors (Lipinski definition) is 3. The fourth-order valence-electron chi connectivity index (χ4n) is 2.64. The summed E-state index contributed by atoms with van der Waals surface area (Å²) in [5.41, 5.74) is 1.22. The van der Waals surface area contributed by atoms with E-state index < -0.39 is 29.9 Å². The van der Waals surface area contributed by atoms with Crippen LogP contribution >= 0.6 is 11.6 Å². The lowest BCUT2D eigenvalue weighted by molar-refractivity contribution is -0.182. The van der Waals surface area contributed by atoms with Crippen molar-refractivity contribution in [3.63, 3.8) is 0 Å². The van der Waals surface area contributed by atoms with Crippen LogP contribution in [0.2, 0.25) is 5.02 Å². The summed E-state index contributed by atoms with van der Waals surface area (Å²) in [5.74, 6) is -2.79. The zero-order valence-corrected chi connectivity index (χ0v) is 12.6. The number of carbonyl (C=O) groups is 1. The summed E-state index contributed by atoms with van der Waals surface area (Å²) < 4.78 is 51.2. The Balaban J connectivity index is 2.01. The van der Waals surface area contributed by atoms with Gasteiger partial charge in [0.25, 0.3) is 5.91 Å². The summed E-state index contributed by atoms with van der Waals surface area (Å²) >= 11 is 5.80. The monoisotopic (exact) mass is 354 g/mol. The van der Waals surface area contributed by atoms with Gasteiger partial charge in [0.05, 0.1) is 22.2 Å². The minimum atomic E-state index is -4.21. The molecule has 0 aliphatic heterocycles. The van der Waals surface area contributed by atoms with E-state index in [-0.39, 0.29) is 42.0 Å². The van der Waals surface area contributed by atoms with Gasteiger partial charge in [-0.05, 0) is 37.8 Å². The number of anilines is 1. The molecule has 1 aliphatic rings. The van der Waals surface area contributed by atoms with Crippen LogP contribution in [0.3, 0.4) is 0 Å². The summed E-state index contributed by atoms with van der Waals surface area (Å²) in [6, 6.07) is 1.51. The fraction of sp³-hybridized carbons (Fsp3) is 0.500. The Hall–Kier alpha value is -1.54. The third kappa shape index (κ3) is 4.26. The van der Waals surface area contributed by atoms with Gasteiger partial charge in [0.2, 0.25) is 0 Å². The SMILES string of the molecule is O=C(NC1CCC(C(F)(F)F)CC1)c1cc(NO)c(F)cc1Cl. The highest BCUT2D eigenvalue weighted by atomic mass is 35.5. The molecule has 0 saturated heterocycles. The van der Waals surface area contributed by atoms with Crippen LogP contribution in [0.15, 0.2) is 12.1 Å². The highest BCUT2D eigenvalue weighted by molar-refractivity contribution is 6.34. The Morgan fingerprint density at radius 1 is 1.22 bits per heavy atom. The second-order valence-corrected chi connectivity index (χ2v) is 5.89. The van der Waals surface area contributed by atoms with Crippen LogP contribution in [0.25, 0.3) is 0 Å². The standard InChI is InChI=1S/C14H15ClF4N2O2/c15-10-6-11(16)12(21-23)5-9(10)13(22)20-8-3-1-7(2-4-8)14(17,18)19/h5-8,21,23H,1-4H2,(H,20,22). The quantitative estimate of drug-likeness (QED) is 0.565. The van der Waals surface area contributed by atoms with Gasteiger partial charge in [-0.3, -0.25) is 15.5 Å². The third-order valence-corrected chi connectivity index (χ3v) is 4.26. The average molecular weight is 355 g/mol. The normalized spacial score (nSPS) is 21.8. The summed E-state index contributed by atoms with van der Waals surface area (Å²) in [4.78, 5) is 12.1. The number of nitrogens with one attached hydrogen (secondary N) is 2. The molecule has 1 fully saturated rings. The maximum Gasteiger partial charge on any atom is 0.391 e. The number of carbonyl (C=O) groups excluding carboxylic acids is 1. The molecular formula is C14H15ClF4N2O2. The van der Waals surface area contributed by atoms with Crippen LogP contribution in [0.5, 0.6) is 0 Å². The van der Waals surface area contributed by atoms with E-state index in [0.717, 1.165) is 12.1 Å². The average Bonchev–Trinajstić information content (AvgIpc) is 2.47. The van der Waals surface area contributed by atoms with E-state index in [1.165, 1.54) is 0 Å². The van der Waals surface area contributed by atoms with E-state index in [4.69, 9.17) is 16.8 Å². The summed E-state index contributed by atoms with van der Waals surface area (Å²) in [5, 5.41) is 11.2. The number of benzene rings is 1. The van der Waals surface area contributed by atoms with E-state index in [2.05, 4.69) is 5.32 Å². The maximum atomic E-state index is 13.4. The van der Waals surface area contributed by atoms with Crippen molar-refractivity contribution >= 4 is 23.2 Å². The molecule has 0 bridgehead atoms. The van der Waals surface area contributed by atoms with Crippen molar-refractivity contribution in [2.75, 3.05) is 5.48 Å². The Kier molecular flexibility index (Phi) is 5.36. The molecule has 0 heterocycles. The number of rotatable bonds is 3. The van der Waals surface area contributed by atoms with Crippen molar-refractivity contribution < 1.29 is 27.6 Å². The van der Waals surface area contributed by atoms with Crippen LogP contribution in [0.4, 0.5) is 23.2 Å². The molecule has 0 spiro atoms. The second kappa shape index (κ2) is 6.92. The molecule has 1 aromatic carbocycles. The molecule has 9 heteroatoms. The molecule has 4 nitrogen and oxygen atoms in total. The summed E-state index contributed by atoms with van der Waals surface area (Å²) in [6.07, 6.45) is -3.89. The Bertz CT molecular complexity index is 587. The van der Waals surface area contributed by atoms with Gasteiger partial charge in [-0.25, -0.2) is 4.39 Å². The van der Waals surface area contributed by atoms with Gasteiger partial charge >= 0.3 is 6.18 Å². The minimum Gasteiger partial charge on any atom is -0.349 e. The first-order valence-electron chi connectivity index (χ1n) is 6.99. The van der Waals surface area contributed by atoms with E-state index in [9.17, 15) is 22.4 Å². The largest absolute Gasteiger partial charge is 0.391 e. The number of halogens is 5. The highest BCUT2D eigenvalue weighted by Crippen LogP contribution is 2.37. The van der Waals surface area contributed by atoms with Gasteiger partial charge in [-0.2, -0.15) is 13.2 Å². The molecule has 128 valence electrons. The van der Waals surface area contributed by atoms with E-state index in [0.29, 0.717) is 0 Å². The van der Waals surface area contributed by atoms with Gasteiger partial charge in [0.1, 0.15) is 5.82 Å². The molecule has 0 radical (unpaired) electrons. The lowest BCUT2D eigenvalue weighted by Gasteiger charge is -2.30. The molecular weight excluding hydrogens is 340 g/mol. The highest BCUT2D eigenvalue weighted by Gasteiger charge is 2.41. The van der Waals surface area contributed by atoms with Gasteiger partial charge in [0.15, 0.2) is 0 Å². The van der Waals surface area contributed by atoms with Crippen molar-refractivity contribution in [2.45, 2.75) is 37.9 Å². The molecule has 0 atom stereocenters. The van der Waals surface area contributed by atoms with Crippen molar-refractivity contribution in [3.05, 3.63) is 28.5 Å². The number of hydrogen-bond donors (Lipinski definition) is 3. The molecule has 3 N–H and O–H groups in total. The third-order valence-electron chi connectivity index (χ3n) is 3.95. The van der Waals surface area contributed by atoms with Crippen LogP contribution < -0.4 is 10.8 Å². The van der Waals surface area contributed by atoms with Crippen molar-refractivity contribution in [2.24, 2.45) is 5.92 Å². The van der Waals surface area contributed by atoms with Gasteiger partial charge < -0.3 is 5.32 Å². The van der Waals surface area contributed by atoms with Crippen molar-refractivity contribution in [1.82, 2.24) is 5.32 Å². The second-order valence-electron chi connectivity index (χ2n) is 5.49. The molecule has 2 rings (SSSR count). The lowest BCUT2D eigenvalue weighted by atomic mass is 9.85. The molecule has 1 saturated carbocycles. The first-order valence-corrected chi connectivity index (χ1v) is 7.37. The molecule has 0 unspecified atom stereocenters. The zero-order valence-electron chi connectivity index (χ0n) is 11.9. The molecule has 23 heavy (non-hydrogen) atoms. The number of alkyl halides is 3. The Labute approximate surface area is 134 Å². The minimum absolute atomic E-state index is 0.0466. The first kappa shape index (κ1) is 17.8. The molecule has 1 aromatic rings. The molecule has 1 amide bonds. The predicted octanol–water partition coefficient (Wildman–Crippen LogP) is 4.13. The van der Waals surface area contributed by atoms with Crippen LogP contribution in [-0.2, 0) is 0 Å². The fourth-order valence-corrected chi connectivity index (χ4v) is 2.87. The Morgan fingerprint density at radius 2 is 1.83 bits per heavy atom. The first-order chi connectivity index (χ1) is 10.7. The zero-order chi connectivity index (χ0) is 17.2. The Morgan fingerprint density at radius 3 is 2.35 bits per heavy atom. The van der Waals surface area contributed by atoms with Crippen LogP contribution in [0, 0.1) is 11.7 Å². The van der Waals surface area contributed by atoms with Gasteiger partial charge in [0, 0.05) is 6.04 Å². The van der Waals surface area contributed by atoms with Gasteiger partial charge in [-0.15, -0.1) is 0 Å². The summed E-state index contributed by atoms with van der Waals surface area (Å²) in [6.45, 7) is 0. The van der Waals surface area contributed by atoms with Crippen molar-refractivity contribution in [3.8, 4) is 0 Å². The lowest BCUT2D eigenvalue weighted by Crippen LogP contribution is -2.40. The molecule has 1 aliphatic carbocycles. The van der Waals surface area contributed by atoms with Gasteiger partial charge in [-0.1, -0.05) is 11.6 Å². The van der Waals surface area contributed by atoms with E-state index >= 15 is 0 Å². The van der Waals surface area contributed by atoms with Crippen molar-refractivity contribution in [1.29, 1.82) is 0 Å². The van der Waals surface area contributed by atoms with E-state index in [1.807, 2.05) is 0 Å². The van der Waals surface area contributed by atoms with Crippen LogP contribution in [0.1, 0.15) is 36.0 Å². The number of amides is 1.